The van der Waals surface area contributed by atoms with Crippen molar-refractivity contribution in [1.29, 1.82) is 0 Å². The fraction of sp³-hybridized carbons (Fsp3) is 0.136. The van der Waals surface area contributed by atoms with Gasteiger partial charge in [0.15, 0.2) is 11.4 Å². The van der Waals surface area contributed by atoms with Crippen LogP contribution in [-0.4, -0.2) is 22.3 Å². The molecular formula is C22H17Br2ClN2O3. The third-order valence-electron chi connectivity index (χ3n) is 4.16. The molecule has 1 aromatic heterocycles. The molecule has 30 heavy (non-hydrogen) atoms. The van der Waals surface area contributed by atoms with Crippen molar-refractivity contribution in [3.8, 4) is 5.75 Å². The Hall–Kier alpha value is -2.22. The van der Waals surface area contributed by atoms with Crippen molar-refractivity contribution in [3.05, 3.63) is 86.0 Å². The van der Waals surface area contributed by atoms with Crippen LogP contribution in [0.4, 0.5) is 5.69 Å². The smallest absolute Gasteiger partial charge is 0.267 e. The Bertz CT molecular complexity index is 1060. The summed E-state index contributed by atoms with van der Waals surface area (Å²) >= 11 is 12.4. The molecule has 1 N–H and O–H groups in total. The van der Waals surface area contributed by atoms with Crippen molar-refractivity contribution in [2.75, 3.05) is 5.32 Å². The molecule has 154 valence electrons. The molecular weight excluding hydrogens is 536 g/mol. The molecule has 0 bridgehead atoms. The van der Waals surface area contributed by atoms with E-state index >= 15 is 0 Å². The molecule has 1 amide bonds. The van der Waals surface area contributed by atoms with Gasteiger partial charge in [-0.05, 0) is 106 Å². The number of anilines is 1. The molecule has 2 aromatic carbocycles. The van der Waals surface area contributed by atoms with Crippen LogP contribution in [0.1, 0.15) is 29.8 Å². The largest absolute Gasteiger partial charge is 0.478 e. The van der Waals surface area contributed by atoms with Crippen molar-refractivity contribution >= 4 is 60.8 Å². The van der Waals surface area contributed by atoms with Gasteiger partial charge in [0.05, 0.1) is 0 Å². The zero-order valence-electron chi connectivity index (χ0n) is 16.1. The molecule has 0 saturated heterocycles. The SMILES string of the molecule is CC(C)(Oc1ccc(C(=O)c2ccc(Cl)cc2)cc1)C(=O)Nc1cc(Br)nc(Br)c1. The molecule has 8 heteroatoms. The van der Waals surface area contributed by atoms with E-state index in [1.165, 1.54) is 0 Å². The van der Waals surface area contributed by atoms with Crippen LogP contribution in [0.25, 0.3) is 0 Å². The predicted octanol–water partition coefficient (Wildman–Crippen LogP) is 6.29. The molecule has 0 fully saturated rings. The van der Waals surface area contributed by atoms with Crippen LogP contribution in [0.5, 0.6) is 5.75 Å². The Morgan fingerprint density at radius 1 is 0.933 bits per heavy atom. The number of ketones is 1. The summed E-state index contributed by atoms with van der Waals surface area (Å²) < 4.78 is 7.05. The lowest BCUT2D eigenvalue weighted by atomic mass is 10.0. The van der Waals surface area contributed by atoms with Gasteiger partial charge < -0.3 is 10.1 Å². The molecule has 0 aliphatic rings. The van der Waals surface area contributed by atoms with Gasteiger partial charge in [-0.15, -0.1) is 0 Å². The van der Waals surface area contributed by atoms with Crippen molar-refractivity contribution < 1.29 is 14.3 Å². The number of amides is 1. The van der Waals surface area contributed by atoms with Crippen LogP contribution in [0, 0.1) is 0 Å². The Kier molecular flexibility index (Phi) is 6.95. The number of aromatic nitrogens is 1. The van der Waals surface area contributed by atoms with E-state index in [1.807, 2.05) is 0 Å². The normalized spacial score (nSPS) is 11.1. The van der Waals surface area contributed by atoms with Gasteiger partial charge in [-0.2, -0.15) is 0 Å². The molecule has 0 spiro atoms. The lowest BCUT2D eigenvalue weighted by Gasteiger charge is -2.25. The summed E-state index contributed by atoms with van der Waals surface area (Å²) in [5.74, 6) is 0.0257. The number of benzene rings is 2. The standard InChI is InChI=1S/C22H17Br2ClN2O3/c1-22(2,21(29)26-16-11-18(23)27-19(24)12-16)30-17-9-5-14(6-10-17)20(28)13-3-7-15(25)8-4-13/h3-12H,1-2H3,(H,26,27,29). The maximum Gasteiger partial charge on any atom is 0.267 e. The Morgan fingerprint density at radius 3 is 1.97 bits per heavy atom. The molecule has 0 atom stereocenters. The average Bonchev–Trinajstić information content (AvgIpc) is 2.67. The molecule has 0 aliphatic carbocycles. The first kappa shape index (κ1) is 22.5. The van der Waals surface area contributed by atoms with Gasteiger partial charge in [0.25, 0.3) is 5.91 Å². The van der Waals surface area contributed by atoms with Gasteiger partial charge in [-0.25, -0.2) is 4.98 Å². The fourth-order valence-electron chi connectivity index (χ4n) is 2.60. The van der Waals surface area contributed by atoms with E-state index < -0.39 is 5.60 Å². The summed E-state index contributed by atoms with van der Waals surface area (Å²) in [5.41, 5.74) is 0.486. The predicted molar refractivity (Wildman–Crippen MR) is 124 cm³/mol. The van der Waals surface area contributed by atoms with E-state index in [2.05, 4.69) is 42.2 Å². The number of carbonyl (C=O) groups excluding carboxylic acids is 2. The van der Waals surface area contributed by atoms with E-state index in [1.54, 1.807) is 74.5 Å². The highest BCUT2D eigenvalue weighted by Crippen LogP contribution is 2.24. The molecule has 0 saturated carbocycles. The minimum Gasteiger partial charge on any atom is -0.478 e. The Morgan fingerprint density at radius 2 is 1.43 bits per heavy atom. The van der Waals surface area contributed by atoms with Crippen LogP contribution in [0.2, 0.25) is 5.02 Å². The summed E-state index contributed by atoms with van der Waals surface area (Å²) in [7, 11) is 0. The number of ether oxygens (including phenoxy) is 1. The van der Waals surface area contributed by atoms with Crippen molar-refractivity contribution in [2.45, 2.75) is 19.4 Å². The summed E-state index contributed by atoms with van der Waals surface area (Å²) in [6.45, 7) is 3.33. The van der Waals surface area contributed by atoms with Crippen LogP contribution < -0.4 is 10.1 Å². The van der Waals surface area contributed by atoms with Crippen LogP contribution in [0.3, 0.4) is 0 Å². The summed E-state index contributed by atoms with van der Waals surface area (Å²) in [5, 5.41) is 3.38. The highest BCUT2D eigenvalue weighted by molar-refractivity contribution is 9.11. The maximum atomic E-state index is 12.7. The molecule has 0 unspecified atom stereocenters. The van der Waals surface area contributed by atoms with E-state index in [-0.39, 0.29) is 11.7 Å². The molecule has 0 aliphatic heterocycles. The van der Waals surface area contributed by atoms with Crippen molar-refractivity contribution in [1.82, 2.24) is 4.98 Å². The minimum atomic E-state index is -1.15. The van der Waals surface area contributed by atoms with Crippen LogP contribution >= 0.6 is 43.5 Å². The van der Waals surface area contributed by atoms with Crippen molar-refractivity contribution in [2.24, 2.45) is 0 Å². The summed E-state index contributed by atoms with van der Waals surface area (Å²) in [4.78, 5) is 29.4. The molecule has 1 heterocycles. The van der Waals surface area contributed by atoms with Gasteiger partial charge >= 0.3 is 0 Å². The second-order valence-corrected chi connectivity index (χ2v) is 8.99. The molecule has 3 aromatic rings. The van der Waals surface area contributed by atoms with E-state index in [9.17, 15) is 9.59 Å². The first-order valence-electron chi connectivity index (χ1n) is 8.88. The monoisotopic (exact) mass is 550 g/mol. The van der Waals surface area contributed by atoms with Gasteiger partial charge in [0.1, 0.15) is 15.0 Å². The number of rotatable bonds is 6. The minimum absolute atomic E-state index is 0.121. The third kappa shape index (κ3) is 5.68. The number of nitrogens with one attached hydrogen (secondary N) is 1. The number of pyridine rings is 1. The Balaban J connectivity index is 1.69. The van der Waals surface area contributed by atoms with Gasteiger partial charge in [0, 0.05) is 21.8 Å². The Labute approximate surface area is 196 Å². The van der Waals surface area contributed by atoms with Gasteiger partial charge in [-0.1, -0.05) is 11.6 Å². The number of halogens is 3. The molecule has 3 rings (SSSR count). The zero-order chi connectivity index (χ0) is 21.9. The topological polar surface area (TPSA) is 68.3 Å². The van der Waals surface area contributed by atoms with Gasteiger partial charge in [0.2, 0.25) is 0 Å². The number of carbonyl (C=O) groups is 2. The summed E-state index contributed by atoms with van der Waals surface area (Å²) in [6, 6.07) is 16.7. The van der Waals surface area contributed by atoms with Crippen molar-refractivity contribution in [3.63, 3.8) is 0 Å². The number of hydrogen-bond acceptors (Lipinski definition) is 4. The molecule has 5 nitrogen and oxygen atoms in total. The zero-order valence-corrected chi connectivity index (χ0v) is 20.0. The number of nitrogens with zero attached hydrogens (tertiary/aromatic N) is 1. The highest BCUT2D eigenvalue weighted by Gasteiger charge is 2.30. The lowest BCUT2D eigenvalue weighted by molar-refractivity contribution is -0.128. The van der Waals surface area contributed by atoms with E-state index in [4.69, 9.17) is 16.3 Å². The van der Waals surface area contributed by atoms with Gasteiger partial charge in [-0.3, -0.25) is 9.59 Å². The van der Waals surface area contributed by atoms with E-state index in [0.717, 1.165) is 0 Å². The first-order valence-corrected chi connectivity index (χ1v) is 10.8. The maximum absolute atomic E-state index is 12.7. The average molecular weight is 553 g/mol. The fourth-order valence-corrected chi connectivity index (χ4v) is 3.84. The second-order valence-electron chi connectivity index (χ2n) is 6.93. The first-order chi connectivity index (χ1) is 14.1. The molecule has 0 radical (unpaired) electrons. The number of hydrogen-bond donors (Lipinski definition) is 1. The highest BCUT2D eigenvalue weighted by atomic mass is 79.9. The van der Waals surface area contributed by atoms with Crippen LogP contribution in [0.15, 0.2) is 69.9 Å². The summed E-state index contributed by atoms with van der Waals surface area (Å²) in [6.07, 6.45) is 0. The second kappa shape index (κ2) is 9.29. The lowest BCUT2D eigenvalue weighted by Crippen LogP contribution is -2.42. The third-order valence-corrected chi connectivity index (χ3v) is 5.23. The quantitative estimate of drug-likeness (QED) is 0.288. The van der Waals surface area contributed by atoms with Crippen LogP contribution in [-0.2, 0) is 4.79 Å². The van der Waals surface area contributed by atoms with E-state index in [0.29, 0.717) is 36.8 Å².